The first kappa shape index (κ1) is 22.9. The Labute approximate surface area is 193 Å². The van der Waals surface area contributed by atoms with Gasteiger partial charge >= 0.3 is 0 Å². The zero-order chi connectivity index (χ0) is 23.7. The van der Waals surface area contributed by atoms with Gasteiger partial charge in [-0.15, -0.1) is 0 Å². The zero-order valence-corrected chi connectivity index (χ0v) is 19.4. The number of Topliss-reactive ketones (excluding diaryl/α,β-unsaturated/α-hetero) is 1. The minimum atomic E-state index is -0.744. The summed E-state index contributed by atoms with van der Waals surface area (Å²) in [4.78, 5) is 27.9. The second kappa shape index (κ2) is 9.27. The number of nitrogens with zero attached hydrogens (tertiary/aromatic N) is 1. The molecule has 7 heteroatoms. The average Bonchev–Trinajstić information content (AvgIpc) is 3.42. The Hall–Kier alpha value is -3.32. The highest BCUT2D eigenvalue weighted by Gasteiger charge is 2.47. The van der Waals surface area contributed by atoms with Crippen molar-refractivity contribution in [1.82, 2.24) is 4.90 Å². The van der Waals surface area contributed by atoms with E-state index in [1.165, 1.54) is 4.90 Å². The topological polar surface area (TPSA) is 85.3 Å². The normalized spacial score (nSPS) is 22.1. The largest absolute Gasteiger partial charge is 0.507 e. The molecular formula is C26H29NO6. The first-order valence-corrected chi connectivity index (χ1v) is 11.0. The van der Waals surface area contributed by atoms with Crippen molar-refractivity contribution >= 4 is 17.4 Å². The predicted octanol–water partition coefficient (Wildman–Crippen LogP) is 3.92. The summed E-state index contributed by atoms with van der Waals surface area (Å²) in [6.45, 7) is 4.62. The van der Waals surface area contributed by atoms with Crippen LogP contribution in [-0.4, -0.2) is 55.2 Å². The van der Waals surface area contributed by atoms with E-state index in [0.717, 1.165) is 24.0 Å². The van der Waals surface area contributed by atoms with Gasteiger partial charge in [-0.2, -0.15) is 0 Å². The van der Waals surface area contributed by atoms with Gasteiger partial charge in [0.25, 0.3) is 11.7 Å². The quantitative estimate of drug-likeness (QED) is 0.407. The number of hydrogen-bond donors (Lipinski definition) is 1. The van der Waals surface area contributed by atoms with Gasteiger partial charge < -0.3 is 24.2 Å². The lowest BCUT2D eigenvalue weighted by Gasteiger charge is -2.27. The van der Waals surface area contributed by atoms with Crippen LogP contribution in [0.4, 0.5) is 0 Å². The van der Waals surface area contributed by atoms with Crippen LogP contribution in [0.5, 0.6) is 11.5 Å². The molecule has 0 radical (unpaired) electrons. The van der Waals surface area contributed by atoms with E-state index < -0.39 is 17.7 Å². The van der Waals surface area contributed by atoms with E-state index in [1.54, 1.807) is 32.4 Å². The Morgan fingerprint density at radius 2 is 1.91 bits per heavy atom. The van der Waals surface area contributed by atoms with Crippen molar-refractivity contribution in [1.29, 1.82) is 0 Å². The number of carbonyl (C=O) groups excluding carboxylic acids is 2. The molecule has 2 aromatic rings. The SMILES string of the molecule is COc1cccc(C2/C(=C(\O)c3cc(C)c(OC)cc3C)C(=O)C(=O)N2CC2CCCO2)c1. The third-order valence-electron chi connectivity index (χ3n) is 6.37. The molecule has 2 unspecified atom stereocenters. The van der Waals surface area contributed by atoms with E-state index in [1.807, 2.05) is 32.0 Å². The van der Waals surface area contributed by atoms with Gasteiger partial charge in [0.2, 0.25) is 0 Å². The maximum atomic E-state index is 13.3. The minimum Gasteiger partial charge on any atom is -0.507 e. The van der Waals surface area contributed by atoms with Gasteiger partial charge in [0.15, 0.2) is 0 Å². The Morgan fingerprint density at radius 3 is 2.58 bits per heavy atom. The fourth-order valence-electron chi connectivity index (χ4n) is 4.64. The fraction of sp³-hybridized carbons (Fsp3) is 0.385. The Bertz CT molecular complexity index is 1120. The molecule has 0 aromatic heterocycles. The van der Waals surface area contributed by atoms with Crippen LogP contribution >= 0.6 is 0 Å². The first-order chi connectivity index (χ1) is 15.8. The second-order valence-corrected chi connectivity index (χ2v) is 8.50. The maximum absolute atomic E-state index is 13.3. The molecule has 7 nitrogen and oxygen atoms in total. The van der Waals surface area contributed by atoms with Crippen molar-refractivity contribution in [3.8, 4) is 11.5 Å². The van der Waals surface area contributed by atoms with E-state index in [0.29, 0.717) is 29.2 Å². The van der Waals surface area contributed by atoms with Gasteiger partial charge in [0, 0.05) is 18.7 Å². The maximum Gasteiger partial charge on any atom is 0.295 e. The molecule has 1 N–H and O–H groups in total. The van der Waals surface area contributed by atoms with Crippen LogP contribution in [0.15, 0.2) is 42.0 Å². The smallest absolute Gasteiger partial charge is 0.295 e. The highest BCUT2D eigenvalue weighted by Crippen LogP contribution is 2.41. The molecule has 0 spiro atoms. The van der Waals surface area contributed by atoms with Gasteiger partial charge in [0.05, 0.1) is 31.9 Å². The number of benzene rings is 2. The van der Waals surface area contributed by atoms with Crippen LogP contribution in [0, 0.1) is 13.8 Å². The number of likely N-dealkylation sites (tertiary alicyclic amines) is 1. The standard InChI is InChI=1S/C26H29NO6/c1-15-12-21(32-4)16(2)11-20(15)24(28)22-23(17-7-5-8-18(13-17)31-3)27(26(30)25(22)29)14-19-9-6-10-33-19/h5,7-8,11-13,19,23,28H,6,9-10,14H2,1-4H3/b24-22+. The summed E-state index contributed by atoms with van der Waals surface area (Å²) in [5, 5.41) is 11.4. The Balaban J connectivity index is 1.87. The molecule has 2 heterocycles. The molecule has 174 valence electrons. The van der Waals surface area contributed by atoms with Crippen LogP contribution in [0.2, 0.25) is 0 Å². The molecule has 2 aliphatic rings. The van der Waals surface area contributed by atoms with Crippen molar-refractivity contribution in [2.75, 3.05) is 27.4 Å². The van der Waals surface area contributed by atoms with Crippen molar-refractivity contribution in [2.45, 2.75) is 38.8 Å². The molecule has 0 bridgehead atoms. The lowest BCUT2D eigenvalue weighted by Crippen LogP contribution is -2.36. The number of methoxy groups -OCH3 is 2. The predicted molar refractivity (Wildman–Crippen MR) is 123 cm³/mol. The van der Waals surface area contributed by atoms with E-state index in [9.17, 15) is 14.7 Å². The molecule has 4 rings (SSSR count). The lowest BCUT2D eigenvalue weighted by atomic mass is 9.93. The third kappa shape index (κ3) is 4.20. The first-order valence-electron chi connectivity index (χ1n) is 11.0. The lowest BCUT2D eigenvalue weighted by molar-refractivity contribution is -0.140. The fourth-order valence-corrected chi connectivity index (χ4v) is 4.64. The third-order valence-corrected chi connectivity index (χ3v) is 6.37. The van der Waals surface area contributed by atoms with Crippen LogP contribution in [0.25, 0.3) is 5.76 Å². The molecule has 0 saturated carbocycles. The highest BCUT2D eigenvalue weighted by molar-refractivity contribution is 6.46. The number of amides is 1. The molecule has 2 fully saturated rings. The monoisotopic (exact) mass is 451 g/mol. The Morgan fingerprint density at radius 1 is 1.12 bits per heavy atom. The van der Waals surface area contributed by atoms with Crippen LogP contribution in [-0.2, 0) is 14.3 Å². The summed E-state index contributed by atoms with van der Waals surface area (Å²) in [6, 6.07) is 10.1. The summed E-state index contributed by atoms with van der Waals surface area (Å²) in [6.07, 6.45) is 1.61. The molecule has 2 saturated heterocycles. The number of carbonyl (C=O) groups is 2. The second-order valence-electron chi connectivity index (χ2n) is 8.50. The summed E-state index contributed by atoms with van der Waals surface area (Å²) >= 11 is 0. The molecule has 0 aliphatic carbocycles. The highest BCUT2D eigenvalue weighted by atomic mass is 16.5. The molecule has 2 aromatic carbocycles. The van der Waals surface area contributed by atoms with Gasteiger partial charge in [-0.1, -0.05) is 12.1 Å². The Kier molecular flexibility index (Phi) is 6.42. The number of ketones is 1. The number of aryl methyl sites for hydroxylation is 2. The van der Waals surface area contributed by atoms with Gasteiger partial charge in [-0.3, -0.25) is 9.59 Å². The summed E-state index contributed by atoms with van der Waals surface area (Å²) in [5.74, 6) is -0.243. The molecule has 1 amide bonds. The van der Waals surface area contributed by atoms with Crippen molar-refractivity contribution < 1.29 is 28.9 Å². The van der Waals surface area contributed by atoms with Gasteiger partial charge in [-0.05, 0) is 67.6 Å². The van der Waals surface area contributed by atoms with Crippen LogP contribution < -0.4 is 9.47 Å². The zero-order valence-electron chi connectivity index (χ0n) is 19.4. The van der Waals surface area contributed by atoms with Crippen LogP contribution in [0.3, 0.4) is 0 Å². The van der Waals surface area contributed by atoms with E-state index in [2.05, 4.69) is 0 Å². The number of ether oxygens (including phenoxy) is 3. The van der Waals surface area contributed by atoms with Gasteiger partial charge in [-0.25, -0.2) is 0 Å². The van der Waals surface area contributed by atoms with E-state index in [4.69, 9.17) is 14.2 Å². The summed E-state index contributed by atoms with van der Waals surface area (Å²) in [7, 11) is 3.15. The number of rotatable bonds is 6. The van der Waals surface area contributed by atoms with Crippen molar-refractivity contribution in [3.05, 3.63) is 64.2 Å². The number of hydrogen-bond acceptors (Lipinski definition) is 6. The molecule has 2 atom stereocenters. The summed E-state index contributed by atoms with van der Waals surface area (Å²) < 4.78 is 16.5. The number of aliphatic hydroxyl groups excluding tert-OH is 1. The van der Waals surface area contributed by atoms with Crippen molar-refractivity contribution in [3.63, 3.8) is 0 Å². The molecule has 2 aliphatic heterocycles. The summed E-state index contributed by atoms with van der Waals surface area (Å²) in [5.41, 5.74) is 2.81. The van der Waals surface area contributed by atoms with Gasteiger partial charge in [0.1, 0.15) is 17.3 Å². The van der Waals surface area contributed by atoms with Crippen molar-refractivity contribution in [2.24, 2.45) is 0 Å². The molecule has 33 heavy (non-hydrogen) atoms. The minimum absolute atomic E-state index is 0.0684. The average molecular weight is 452 g/mol. The van der Waals surface area contributed by atoms with E-state index in [-0.39, 0.29) is 24.0 Å². The van der Waals surface area contributed by atoms with Crippen LogP contribution in [0.1, 0.15) is 41.1 Å². The molecular weight excluding hydrogens is 422 g/mol. The number of aliphatic hydroxyl groups is 1. The van der Waals surface area contributed by atoms with E-state index >= 15 is 0 Å².